The lowest BCUT2D eigenvalue weighted by atomic mass is 9.93. The first-order chi connectivity index (χ1) is 14.6. The van der Waals surface area contributed by atoms with Crippen LogP contribution in [0.3, 0.4) is 0 Å². The van der Waals surface area contributed by atoms with Crippen LogP contribution < -0.4 is 13.9 Å². The molecule has 0 heterocycles. The second kappa shape index (κ2) is 9.09. The van der Waals surface area contributed by atoms with Crippen molar-refractivity contribution in [3.8, 4) is 17.2 Å². The van der Waals surface area contributed by atoms with Crippen LogP contribution in [0.2, 0.25) is 18.1 Å². The second-order valence-electron chi connectivity index (χ2n) is 9.78. The van der Waals surface area contributed by atoms with Crippen LogP contribution in [0.15, 0.2) is 42.5 Å². The number of fused-ring (bicyclic) bond motifs is 1. The van der Waals surface area contributed by atoms with E-state index >= 15 is 0 Å². The Hall–Kier alpha value is -2.24. The monoisotopic (exact) mass is 440 g/mol. The van der Waals surface area contributed by atoms with Crippen LogP contribution >= 0.6 is 0 Å². The number of benzene rings is 2. The van der Waals surface area contributed by atoms with Gasteiger partial charge in [-0.05, 0) is 65.9 Å². The lowest BCUT2D eigenvalue weighted by Gasteiger charge is -2.37. The second-order valence-corrected chi connectivity index (χ2v) is 14.5. The number of rotatable bonds is 6. The minimum atomic E-state index is -2.04. The van der Waals surface area contributed by atoms with Gasteiger partial charge in [-0.15, -0.1) is 0 Å². The van der Waals surface area contributed by atoms with Crippen molar-refractivity contribution in [1.82, 2.24) is 0 Å². The summed E-state index contributed by atoms with van der Waals surface area (Å²) < 4.78 is 17.9. The summed E-state index contributed by atoms with van der Waals surface area (Å²) in [6.07, 6.45) is 3.95. The first-order valence-corrected chi connectivity index (χ1v) is 13.9. The summed E-state index contributed by atoms with van der Waals surface area (Å²) in [5.74, 6) is 2.52. The topological polar surface area (TPSA) is 47.9 Å². The number of ether oxygens (including phenoxy) is 2. The number of aliphatic hydroxyl groups excluding tert-OH is 1. The van der Waals surface area contributed by atoms with E-state index in [-0.39, 0.29) is 17.6 Å². The molecule has 0 saturated heterocycles. The molecule has 31 heavy (non-hydrogen) atoms. The Bertz CT molecular complexity index is 956. The van der Waals surface area contributed by atoms with E-state index in [1.54, 1.807) is 14.2 Å². The van der Waals surface area contributed by atoms with E-state index in [1.807, 2.05) is 18.2 Å². The molecule has 0 spiro atoms. The smallest absolute Gasteiger partial charge is 0.250 e. The van der Waals surface area contributed by atoms with Gasteiger partial charge < -0.3 is 19.0 Å². The van der Waals surface area contributed by atoms with Crippen molar-refractivity contribution in [3.05, 3.63) is 59.2 Å². The minimum absolute atomic E-state index is 0.0809. The fourth-order valence-electron chi connectivity index (χ4n) is 3.75. The van der Waals surface area contributed by atoms with Gasteiger partial charge in [0.05, 0.1) is 14.2 Å². The predicted molar refractivity (Wildman–Crippen MR) is 130 cm³/mol. The van der Waals surface area contributed by atoms with Gasteiger partial charge in [-0.3, -0.25) is 0 Å². The third-order valence-corrected chi connectivity index (χ3v) is 11.0. The van der Waals surface area contributed by atoms with Crippen LogP contribution in [-0.2, 0) is 6.42 Å². The summed E-state index contributed by atoms with van der Waals surface area (Å²) in [6.45, 7) is 11.3. The average Bonchev–Trinajstić information content (AvgIpc) is 2.92. The van der Waals surface area contributed by atoms with Gasteiger partial charge >= 0.3 is 0 Å². The van der Waals surface area contributed by atoms with Crippen molar-refractivity contribution in [2.75, 3.05) is 20.8 Å². The lowest BCUT2D eigenvalue weighted by Crippen LogP contribution is -2.43. The Morgan fingerprint density at radius 2 is 1.71 bits per heavy atom. The quantitative estimate of drug-likeness (QED) is 0.554. The van der Waals surface area contributed by atoms with Crippen molar-refractivity contribution < 1.29 is 19.0 Å². The van der Waals surface area contributed by atoms with Crippen molar-refractivity contribution in [2.45, 2.75) is 51.7 Å². The van der Waals surface area contributed by atoms with Crippen LogP contribution in [-0.4, -0.2) is 34.3 Å². The number of hydrogen-bond acceptors (Lipinski definition) is 4. The summed E-state index contributed by atoms with van der Waals surface area (Å²) in [6, 6.07) is 12.3. The first-order valence-electron chi connectivity index (χ1n) is 11.0. The minimum Gasteiger partial charge on any atom is -0.541 e. The molecule has 2 aromatic carbocycles. The number of methoxy groups -OCH3 is 2. The molecule has 1 unspecified atom stereocenters. The SMILES string of the molecule is COc1ccc(C2=CC(CO)CCc3c(OC)cccc32)cc1O[Si](C)(C)C(C)(C)C. The van der Waals surface area contributed by atoms with Crippen LogP contribution in [0.5, 0.6) is 17.2 Å². The molecule has 4 nitrogen and oxygen atoms in total. The van der Waals surface area contributed by atoms with Gasteiger partial charge in [0.1, 0.15) is 11.5 Å². The maximum Gasteiger partial charge on any atom is 0.250 e. The molecular formula is C26H36O4Si. The summed E-state index contributed by atoms with van der Waals surface area (Å²) >= 11 is 0. The molecule has 1 aliphatic carbocycles. The van der Waals surface area contributed by atoms with Crippen molar-refractivity contribution >= 4 is 13.9 Å². The lowest BCUT2D eigenvalue weighted by molar-refractivity contribution is 0.247. The Morgan fingerprint density at radius 1 is 1.00 bits per heavy atom. The Balaban J connectivity index is 2.14. The molecule has 5 heteroatoms. The number of hydrogen-bond donors (Lipinski definition) is 1. The van der Waals surface area contributed by atoms with E-state index in [4.69, 9.17) is 13.9 Å². The van der Waals surface area contributed by atoms with Gasteiger partial charge in [-0.25, -0.2) is 0 Å². The molecule has 2 aromatic rings. The molecule has 1 atom stereocenters. The zero-order valence-electron chi connectivity index (χ0n) is 19.9. The van der Waals surface area contributed by atoms with Crippen LogP contribution in [0.4, 0.5) is 0 Å². The highest BCUT2D eigenvalue weighted by Crippen LogP contribution is 2.43. The predicted octanol–water partition coefficient (Wildman–Crippen LogP) is 6.07. The van der Waals surface area contributed by atoms with Gasteiger partial charge in [-0.1, -0.05) is 45.0 Å². The van der Waals surface area contributed by atoms with Crippen LogP contribution in [0.1, 0.15) is 43.9 Å². The number of aliphatic hydroxyl groups is 1. The molecule has 0 aromatic heterocycles. The molecule has 0 saturated carbocycles. The van der Waals surface area contributed by atoms with Crippen LogP contribution in [0, 0.1) is 5.92 Å². The molecular weight excluding hydrogens is 404 g/mol. The molecule has 168 valence electrons. The third-order valence-electron chi connectivity index (χ3n) is 6.69. The average molecular weight is 441 g/mol. The molecule has 3 rings (SSSR count). The normalized spacial score (nSPS) is 16.8. The highest BCUT2D eigenvalue weighted by molar-refractivity contribution is 6.74. The molecule has 0 amide bonds. The van der Waals surface area contributed by atoms with E-state index in [2.05, 4.69) is 58.1 Å². The molecule has 0 fully saturated rings. The van der Waals surface area contributed by atoms with E-state index < -0.39 is 8.32 Å². The Morgan fingerprint density at radius 3 is 2.32 bits per heavy atom. The molecule has 1 N–H and O–H groups in total. The molecule has 0 bridgehead atoms. The fourth-order valence-corrected chi connectivity index (χ4v) is 4.77. The Labute approximate surface area is 188 Å². The van der Waals surface area contributed by atoms with Gasteiger partial charge in [0.25, 0.3) is 8.32 Å². The van der Waals surface area contributed by atoms with Gasteiger partial charge in [0.2, 0.25) is 0 Å². The van der Waals surface area contributed by atoms with Crippen molar-refractivity contribution in [1.29, 1.82) is 0 Å². The third kappa shape index (κ3) is 4.83. The summed E-state index contributed by atoms with van der Waals surface area (Å²) in [5.41, 5.74) is 4.51. The molecule has 0 radical (unpaired) electrons. The van der Waals surface area contributed by atoms with E-state index in [0.717, 1.165) is 46.8 Å². The maximum atomic E-state index is 9.95. The van der Waals surface area contributed by atoms with E-state index in [9.17, 15) is 5.11 Å². The van der Waals surface area contributed by atoms with E-state index in [0.29, 0.717) is 0 Å². The van der Waals surface area contributed by atoms with Gasteiger partial charge in [-0.2, -0.15) is 0 Å². The highest BCUT2D eigenvalue weighted by atomic mass is 28.4. The zero-order chi connectivity index (χ0) is 22.8. The molecule has 0 aliphatic heterocycles. The highest BCUT2D eigenvalue weighted by Gasteiger charge is 2.39. The van der Waals surface area contributed by atoms with Gasteiger partial charge in [0.15, 0.2) is 5.75 Å². The molecule has 1 aliphatic rings. The van der Waals surface area contributed by atoms with Crippen molar-refractivity contribution in [3.63, 3.8) is 0 Å². The maximum absolute atomic E-state index is 9.95. The summed E-state index contributed by atoms with van der Waals surface area (Å²) in [5, 5.41) is 10.0. The summed E-state index contributed by atoms with van der Waals surface area (Å²) in [7, 11) is 1.35. The zero-order valence-corrected chi connectivity index (χ0v) is 20.9. The standard InChI is InChI=1S/C26H36O4Si/c1-26(2,3)31(6,7)30-25-16-19(12-14-24(25)29-5)22-15-18(17-27)11-13-21-20(22)9-8-10-23(21)28-4/h8-10,12,14-16,18,27H,11,13,17H2,1-7H3. The van der Waals surface area contributed by atoms with E-state index in [1.165, 1.54) is 5.56 Å². The Kier molecular flexibility index (Phi) is 6.87. The van der Waals surface area contributed by atoms with Crippen LogP contribution in [0.25, 0.3) is 5.57 Å². The van der Waals surface area contributed by atoms with Crippen molar-refractivity contribution in [2.24, 2.45) is 5.92 Å². The largest absolute Gasteiger partial charge is 0.541 e. The fraction of sp³-hybridized carbons (Fsp3) is 0.462. The summed E-state index contributed by atoms with van der Waals surface area (Å²) in [4.78, 5) is 0. The first kappa shape index (κ1) is 23.4. The van der Waals surface area contributed by atoms with Gasteiger partial charge in [0, 0.05) is 18.1 Å².